The van der Waals surface area contributed by atoms with Crippen LogP contribution < -0.4 is 5.32 Å². The predicted octanol–water partition coefficient (Wildman–Crippen LogP) is 6.61. The van der Waals surface area contributed by atoms with Crippen LogP contribution in [0.15, 0.2) is 77.7 Å². The van der Waals surface area contributed by atoms with Crippen molar-refractivity contribution in [2.24, 2.45) is 5.92 Å². The number of allylic oxidation sites excluding steroid dienone is 1. The zero-order valence-corrected chi connectivity index (χ0v) is 19.3. The zero-order chi connectivity index (χ0) is 23.8. The van der Waals surface area contributed by atoms with E-state index in [1.54, 1.807) is 30.0 Å². The minimum atomic E-state index is -0.994. The van der Waals surface area contributed by atoms with E-state index in [4.69, 9.17) is 9.84 Å². The van der Waals surface area contributed by atoms with Gasteiger partial charge in [0.1, 0.15) is 11.9 Å². The Kier molecular flexibility index (Phi) is 8.38. The van der Waals surface area contributed by atoms with Gasteiger partial charge in [0.2, 0.25) is 0 Å². The first-order chi connectivity index (χ1) is 15.9. The Morgan fingerprint density at radius 2 is 1.76 bits per heavy atom. The van der Waals surface area contributed by atoms with E-state index in [1.807, 2.05) is 61.7 Å². The molecule has 1 amide bonds. The lowest BCUT2D eigenvalue weighted by atomic mass is 9.89. The molecule has 2 atom stereocenters. The van der Waals surface area contributed by atoms with E-state index in [1.165, 1.54) is 0 Å². The van der Waals surface area contributed by atoms with Crippen molar-refractivity contribution in [2.45, 2.75) is 30.8 Å². The molecule has 7 heteroatoms. The van der Waals surface area contributed by atoms with Crippen LogP contribution in [0.1, 0.15) is 31.4 Å². The summed E-state index contributed by atoms with van der Waals surface area (Å²) < 4.78 is 5.91. The van der Waals surface area contributed by atoms with Crippen LogP contribution in [-0.2, 0) is 9.53 Å². The summed E-state index contributed by atoms with van der Waals surface area (Å²) in [7, 11) is 0. The summed E-state index contributed by atoms with van der Waals surface area (Å²) in [5, 5.41) is 23.3. The lowest BCUT2D eigenvalue weighted by Crippen LogP contribution is -2.22. The van der Waals surface area contributed by atoms with Gasteiger partial charge in [-0.15, -0.1) is 11.8 Å². The molecular weight excluding hydrogens is 438 g/mol. The van der Waals surface area contributed by atoms with Crippen LogP contribution in [0, 0.1) is 5.92 Å². The molecule has 0 aliphatic carbocycles. The fraction of sp³-hybridized carbons (Fsp3) is 0.231. The second-order valence-corrected chi connectivity index (χ2v) is 8.57. The number of thioether (sulfide) groups is 1. The first kappa shape index (κ1) is 24.2. The molecule has 0 aliphatic heterocycles. The third-order valence-corrected chi connectivity index (χ3v) is 6.12. The maximum absolute atomic E-state index is 12.8. The molecule has 0 unspecified atom stereocenters. The quantitative estimate of drug-likeness (QED) is 0.243. The Morgan fingerprint density at radius 1 is 1.06 bits per heavy atom. The number of carboxylic acids is 1. The van der Waals surface area contributed by atoms with Crippen molar-refractivity contribution in [3.05, 3.63) is 78.4 Å². The van der Waals surface area contributed by atoms with E-state index in [0.29, 0.717) is 23.9 Å². The summed E-state index contributed by atoms with van der Waals surface area (Å²) in [4.78, 5) is 24.6. The number of fused-ring (bicyclic) bond motifs is 1. The summed E-state index contributed by atoms with van der Waals surface area (Å²) in [5.41, 5.74) is 1.41. The van der Waals surface area contributed by atoms with E-state index in [9.17, 15) is 14.7 Å². The van der Waals surface area contributed by atoms with Crippen LogP contribution in [0.5, 0.6) is 5.75 Å². The Bertz CT molecular complexity index is 1140. The number of carboxylic acid groups (broad SMARTS) is 1. The SMILES string of the molecule is CSc1ccc(NC(=O)O[C@H](c2ccc(O)c3ccccc23)[C@H](C)CC/C=C/C(=O)O)cc1. The smallest absolute Gasteiger partial charge is 0.412 e. The second kappa shape index (κ2) is 11.4. The number of rotatable bonds is 9. The molecule has 33 heavy (non-hydrogen) atoms. The van der Waals surface area contributed by atoms with E-state index in [2.05, 4.69) is 5.32 Å². The first-order valence-electron chi connectivity index (χ1n) is 10.6. The molecule has 0 saturated carbocycles. The molecule has 0 bridgehead atoms. The Balaban J connectivity index is 1.86. The third-order valence-electron chi connectivity index (χ3n) is 5.38. The maximum atomic E-state index is 12.8. The number of hydrogen-bond acceptors (Lipinski definition) is 5. The summed E-state index contributed by atoms with van der Waals surface area (Å²) >= 11 is 1.61. The second-order valence-electron chi connectivity index (χ2n) is 7.69. The number of phenolic OH excluding ortho intramolecular Hbond substituents is 1. The number of benzene rings is 3. The summed E-state index contributed by atoms with van der Waals surface area (Å²) in [6.45, 7) is 1.96. The van der Waals surface area contributed by atoms with E-state index >= 15 is 0 Å². The number of anilines is 1. The highest BCUT2D eigenvalue weighted by Gasteiger charge is 2.26. The summed E-state index contributed by atoms with van der Waals surface area (Å²) in [6, 6.07) is 18.3. The molecule has 0 saturated heterocycles. The Hall–Kier alpha value is -3.45. The fourth-order valence-corrected chi connectivity index (χ4v) is 4.08. The highest BCUT2D eigenvalue weighted by molar-refractivity contribution is 7.98. The van der Waals surface area contributed by atoms with E-state index in [0.717, 1.165) is 21.9 Å². The largest absolute Gasteiger partial charge is 0.507 e. The molecule has 3 aromatic rings. The highest BCUT2D eigenvalue weighted by Crippen LogP contribution is 2.37. The number of aliphatic carboxylic acids is 1. The van der Waals surface area contributed by atoms with Crippen LogP contribution in [0.25, 0.3) is 10.8 Å². The van der Waals surface area contributed by atoms with Gasteiger partial charge in [0.05, 0.1) is 0 Å². The number of hydrogen-bond donors (Lipinski definition) is 3. The summed E-state index contributed by atoms with van der Waals surface area (Å²) in [5.74, 6) is -0.948. The molecule has 3 aromatic carbocycles. The van der Waals surface area contributed by atoms with E-state index < -0.39 is 18.2 Å². The number of nitrogens with one attached hydrogen (secondary N) is 1. The van der Waals surface area contributed by atoms with Gasteiger partial charge in [-0.1, -0.05) is 43.3 Å². The van der Waals surface area contributed by atoms with Gasteiger partial charge < -0.3 is 14.9 Å². The van der Waals surface area contributed by atoms with Gasteiger partial charge in [-0.2, -0.15) is 0 Å². The van der Waals surface area contributed by atoms with Crippen LogP contribution in [-0.4, -0.2) is 28.5 Å². The minimum absolute atomic E-state index is 0.110. The van der Waals surface area contributed by atoms with Crippen molar-refractivity contribution in [3.63, 3.8) is 0 Å². The molecular formula is C26H27NO5S. The van der Waals surface area contributed by atoms with Gasteiger partial charge in [-0.3, -0.25) is 5.32 Å². The lowest BCUT2D eigenvalue weighted by molar-refractivity contribution is -0.131. The van der Waals surface area contributed by atoms with Crippen molar-refractivity contribution in [1.29, 1.82) is 0 Å². The maximum Gasteiger partial charge on any atom is 0.412 e. The molecule has 3 N–H and O–H groups in total. The van der Waals surface area contributed by atoms with Gasteiger partial charge in [-0.25, -0.2) is 9.59 Å². The highest BCUT2D eigenvalue weighted by atomic mass is 32.2. The van der Waals surface area contributed by atoms with Gasteiger partial charge >= 0.3 is 12.1 Å². The predicted molar refractivity (Wildman–Crippen MR) is 132 cm³/mol. The zero-order valence-electron chi connectivity index (χ0n) is 18.5. The molecule has 0 radical (unpaired) electrons. The van der Waals surface area contributed by atoms with Crippen molar-refractivity contribution in [3.8, 4) is 5.75 Å². The third kappa shape index (κ3) is 6.52. The first-order valence-corrected chi connectivity index (χ1v) is 11.8. The standard InChI is InChI=1S/C26H27NO5S/c1-17(7-3-6-10-24(29)30)25(22-15-16-23(28)21-9-5-4-8-20(21)22)32-26(31)27-18-11-13-19(33-2)14-12-18/h4-6,8-17,25,28H,3,7H2,1-2H3,(H,27,31)(H,29,30)/b10-6+/t17-,25+/m1/s1. The Morgan fingerprint density at radius 3 is 2.42 bits per heavy atom. The molecule has 6 nitrogen and oxygen atoms in total. The summed E-state index contributed by atoms with van der Waals surface area (Å²) in [6.07, 6.45) is 4.65. The van der Waals surface area contributed by atoms with Crippen molar-refractivity contribution >= 4 is 40.3 Å². The molecule has 172 valence electrons. The van der Waals surface area contributed by atoms with Crippen molar-refractivity contribution in [1.82, 2.24) is 0 Å². The fourth-order valence-electron chi connectivity index (χ4n) is 3.67. The van der Waals surface area contributed by atoms with Crippen molar-refractivity contribution in [2.75, 3.05) is 11.6 Å². The van der Waals surface area contributed by atoms with E-state index in [-0.39, 0.29) is 11.7 Å². The number of carbonyl (C=O) groups excluding carboxylic acids is 1. The Labute approximate surface area is 197 Å². The average molecular weight is 466 g/mol. The van der Waals surface area contributed by atoms with Crippen LogP contribution in [0.3, 0.4) is 0 Å². The molecule has 0 heterocycles. The van der Waals surface area contributed by atoms with Gasteiger partial charge in [0.15, 0.2) is 0 Å². The monoisotopic (exact) mass is 465 g/mol. The number of aromatic hydroxyl groups is 1. The lowest BCUT2D eigenvalue weighted by Gasteiger charge is -2.26. The number of amides is 1. The molecule has 0 aliphatic rings. The van der Waals surface area contributed by atoms with Gasteiger partial charge in [0.25, 0.3) is 0 Å². The minimum Gasteiger partial charge on any atom is -0.507 e. The molecule has 3 rings (SSSR count). The molecule has 0 aromatic heterocycles. The molecule has 0 spiro atoms. The van der Waals surface area contributed by atoms with Crippen LogP contribution >= 0.6 is 11.8 Å². The van der Waals surface area contributed by atoms with Crippen LogP contribution in [0.2, 0.25) is 0 Å². The van der Waals surface area contributed by atoms with Gasteiger partial charge in [-0.05, 0) is 60.7 Å². The number of ether oxygens (including phenoxy) is 1. The number of carbonyl (C=O) groups is 2. The molecule has 0 fully saturated rings. The normalized spacial score (nSPS) is 13.0. The van der Waals surface area contributed by atoms with Crippen molar-refractivity contribution < 1.29 is 24.5 Å². The van der Waals surface area contributed by atoms with Gasteiger partial charge in [0, 0.05) is 27.6 Å². The average Bonchev–Trinajstić information content (AvgIpc) is 2.81. The van der Waals surface area contributed by atoms with Crippen LogP contribution in [0.4, 0.5) is 10.5 Å². The number of phenols is 1. The topological polar surface area (TPSA) is 95.9 Å².